The van der Waals surface area contributed by atoms with Crippen molar-refractivity contribution in [3.8, 4) is 10.4 Å². The molecule has 1 amide bonds. The summed E-state index contributed by atoms with van der Waals surface area (Å²) in [5.41, 5.74) is 3.36. The highest BCUT2D eigenvalue weighted by Crippen LogP contribution is 2.32. The van der Waals surface area contributed by atoms with Crippen molar-refractivity contribution in [3.05, 3.63) is 77.2 Å². The number of nitrogens with one attached hydrogen (secondary N) is 1. The van der Waals surface area contributed by atoms with E-state index < -0.39 is 0 Å². The minimum absolute atomic E-state index is 0.129. The highest BCUT2D eigenvalue weighted by molar-refractivity contribution is 7.13. The quantitative estimate of drug-likeness (QED) is 0.577. The predicted molar refractivity (Wildman–Crippen MR) is 99.7 cm³/mol. The lowest BCUT2D eigenvalue weighted by atomic mass is 10.0. The average Bonchev–Trinajstić information content (AvgIpc) is 3.32. The molecule has 1 N–H and O–H groups in total. The lowest BCUT2D eigenvalue weighted by Gasteiger charge is -2.11. The number of nitrogens with zero attached hydrogens (tertiary/aromatic N) is 1. The van der Waals surface area contributed by atoms with E-state index in [0.29, 0.717) is 12.1 Å². The van der Waals surface area contributed by atoms with Gasteiger partial charge in [0, 0.05) is 21.5 Å². The van der Waals surface area contributed by atoms with Crippen LogP contribution in [0, 0.1) is 6.92 Å². The summed E-state index contributed by atoms with van der Waals surface area (Å²) >= 11 is 1.67. The van der Waals surface area contributed by atoms with E-state index in [-0.39, 0.29) is 5.91 Å². The number of pyridine rings is 1. The zero-order chi connectivity index (χ0) is 17.2. The summed E-state index contributed by atoms with van der Waals surface area (Å²) in [5.74, 6) is 0.595. The topological polar surface area (TPSA) is 55.1 Å². The second-order valence-electron chi connectivity index (χ2n) is 5.75. The predicted octanol–water partition coefficient (Wildman–Crippen LogP) is 4.79. The zero-order valence-electron chi connectivity index (χ0n) is 13.7. The first-order chi connectivity index (χ1) is 12.2. The molecule has 0 aliphatic rings. The number of hydrogen-bond acceptors (Lipinski definition) is 4. The van der Waals surface area contributed by atoms with Gasteiger partial charge >= 0.3 is 0 Å². The highest BCUT2D eigenvalue weighted by atomic mass is 32.1. The van der Waals surface area contributed by atoms with Crippen molar-refractivity contribution in [2.45, 2.75) is 13.5 Å². The Balaban J connectivity index is 1.76. The largest absolute Gasteiger partial charge is 0.467 e. The lowest BCUT2D eigenvalue weighted by molar-refractivity contribution is 0.0949. The smallest absolute Gasteiger partial charge is 0.252 e. The molecular weight excluding hydrogens is 332 g/mol. The first-order valence-electron chi connectivity index (χ1n) is 7.97. The number of furan rings is 1. The van der Waals surface area contributed by atoms with Gasteiger partial charge in [-0.05, 0) is 36.6 Å². The van der Waals surface area contributed by atoms with Crippen LogP contribution in [-0.4, -0.2) is 10.9 Å². The van der Waals surface area contributed by atoms with Gasteiger partial charge in [-0.2, -0.15) is 0 Å². The monoisotopic (exact) mass is 348 g/mol. The van der Waals surface area contributed by atoms with Gasteiger partial charge in [0.25, 0.3) is 5.91 Å². The van der Waals surface area contributed by atoms with Crippen molar-refractivity contribution >= 4 is 28.1 Å². The van der Waals surface area contributed by atoms with Gasteiger partial charge < -0.3 is 9.73 Å². The Bertz CT molecular complexity index is 1020. The molecule has 4 rings (SSSR count). The number of fused-ring (bicyclic) bond motifs is 1. The van der Waals surface area contributed by atoms with Crippen molar-refractivity contribution in [1.29, 1.82) is 0 Å². The maximum atomic E-state index is 12.7. The molecule has 0 unspecified atom stereocenters. The van der Waals surface area contributed by atoms with Crippen LogP contribution in [0.4, 0.5) is 0 Å². The fourth-order valence-corrected chi connectivity index (χ4v) is 3.62. The van der Waals surface area contributed by atoms with Gasteiger partial charge in [0.15, 0.2) is 0 Å². The number of thiophene rings is 1. The summed E-state index contributed by atoms with van der Waals surface area (Å²) in [4.78, 5) is 18.6. The molecule has 124 valence electrons. The maximum Gasteiger partial charge on any atom is 0.252 e. The number of aromatic nitrogens is 1. The first-order valence-corrected chi connectivity index (χ1v) is 8.85. The van der Waals surface area contributed by atoms with Gasteiger partial charge in [0.1, 0.15) is 5.76 Å². The Morgan fingerprint density at radius 1 is 1.20 bits per heavy atom. The molecule has 0 bridgehead atoms. The molecule has 0 radical (unpaired) electrons. The fourth-order valence-electron chi connectivity index (χ4n) is 2.87. The van der Waals surface area contributed by atoms with E-state index in [2.05, 4.69) is 11.4 Å². The Morgan fingerprint density at radius 2 is 2.12 bits per heavy atom. The van der Waals surface area contributed by atoms with Crippen LogP contribution in [0.25, 0.3) is 21.3 Å². The Hall–Kier alpha value is -2.92. The van der Waals surface area contributed by atoms with E-state index in [9.17, 15) is 4.79 Å². The van der Waals surface area contributed by atoms with E-state index in [0.717, 1.165) is 32.8 Å². The Kier molecular flexibility index (Phi) is 4.07. The van der Waals surface area contributed by atoms with E-state index in [1.165, 1.54) is 0 Å². The van der Waals surface area contributed by atoms with Gasteiger partial charge in [-0.3, -0.25) is 9.78 Å². The summed E-state index contributed by atoms with van der Waals surface area (Å²) < 4.78 is 5.27. The summed E-state index contributed by atoms with van der Waals surface area (Å²) in [7, 11) is 0. The number of hydrogen-bond donors (Lipinski definition) is 1. The van der Waals surface area contributed by atoms with Crippen LogP contribution in [0.3, 0.4) is 0 Å². The third-order valence-corrected chi connectivity index (χ3v) is 4.91. The SMILES string of the molecule is Cc1cc(C(=O)NCc2ccco2)c2cccc(-c3cccs3)c2n1. The highest BCUT2D eigenvalue weighted by Gasteiger charge is 2.15. The van der Waals surface area contributed by atoms with Crippen molar-refractivity contribution in [3.63, 3.8) is 0 Å². The molecule has 3 aromatic heterocycles. The van der Waals surface area contributed by atoms with Crippen LogP contribution >= 0.6 is 11.3 Å². The van der Waals surface area contributed by atoms with Crippen molar-refractivity contribution in [2.24, 2.45) is 0 Å². The normalized spacial score (nSPS) is 10.9. The molecule has 25 heavy (non-hydrogen) atoms. The first kappa shape index (κ1) is 15.6. The molecule has 0 spiro atoms. The molecule has 0 fully saturated rings. The number of rotatable bonds is 4. The number of amides is 1. The van der Waals surface area contributed by atoms with Gasteiger partial charge in [-0.1, -0.05) is 24.3 Å². The van der Waals surface area contributed by atoms with Crippen molar-refractivity contribution in [2.75, 3.05) is 0 Å². The van der Waals surface area contributed by atoms with E-state index in [1.807, 2.05) is 48.7 Å². The van der Waals surface area contributed by atoms with Crippen molar-refractivity contribution in [1.82, 2.24) is 10.3 Å². The van der Waals surface area contributed by atoms with Gasteiger partial charge in [-0.15, -0.1) is 11.3 Å². The fraction of sp³-hybridized carbons (Fsp3) is 0.100. The minimum atomic E-state index is -0.129. The number of carbonyl (C=O) groups excluding carboxylic acids is 1. The van der Waals surface area contributed by atoms with Crippen LogP contribution in [0.5, 0.6) is 0 Å². The minimum Gasteiger partial charge on any atom is -0.467 e. The van der Waals surface area contributed by atoms with E-state index in [4.69, 9.17) is 9.40 Å². The third-order valence-electron chi connectivity index (χ3n) is 4.00. The maximum absolute atomic E-state index is 12.7. The molecule has 0 atom stereocenters. The molecular formula is C20H16N2O2S. The molecule has 4 aromatic rings. The van der Waals surface area contributed by atoms with Crippen molar-refractivity contribution < 1.29 is 9.21 Å². The van der Waals surface area contributed by atoms with E-state index >= 15 is 0 Å². The van der Waals surface area contributed by atoms with Gasteiger partial charge in [-0.25, -0.2) is 0 Å². The lowest BCUT2D eigenvalue weighted by Crippen LogP contribution is -2.23. The van der Waals surface area contributed by atoms with Gasteiger partial charge in [0.05, 0.1) is 23.9 Å². The van der Waals surface area contributed by atoms with Crippen LogP contribution in [0.1, 0.15) is 21.8 Å². The van der Waals surface area contributed by atoms with Crippen LogP contribution in [0.15, 0.2) is 64.6 Å². The molecule has 0 aliphatic carbocycles. The van der Waals surface area contributed by atoms with Crippen LogP contribution in [0.2, 0.25) is 0 Å². The Labute approximate surface area is 149 Å². The molecule has 1 aromatic carbocycles. The molecule has 4 nitrogen and oxygen atoms in total. The number of benzene rings is 1. The zero-order valence-corrected chi connectivity index (χ0v) is 14.5. The van der Waals surface area contributed by atoms with E-state index in [1.54, 1.807) is 23.7 Å². The number of carbonyl (C=O) groups is 1. The molecule has 5 heteroatoms. The third kappa shape index (κ3) is 3.06. The number of para-hydroxylation sites is 1. The Morgan fingerprint density at radius 3 is 2.88 bits per heavy atom. The van der Waals surface area contributed by atoms with Gasteiger partial charge in [0.2, 0.25) is 0 Å². The van der Waals surface area contributed by atoms with Crippen LogP contribution < -0.4 is 5.32 Å². The standard InChI is InChI=1S/C20H16N2O2S/c1-13-11-17(20(23)21-12-14-5-3-9-24-14)15-6-2-7-16(19(15)22-13)18-8-4-10-25-18/h2-11H,12H2,1H3,(H,21,23). The molecule has 3 heterocycles. The summed E-state index contributed by atoms with van der Waals surface area (Å²) in [5, 5.41) is 5.81. The van der Waals surface area contributed by atoms with Crippen LogP contribution in [-0.2, 0) is 6.54 Å². The molecule has 0 saturated carbocycles. The summed E-state index contributed by atoms with van der Waals surface area (Å²) in [6.45, 7) is 2.27. The molecule has 0 saturated heterocycles. The summed E-state index contributed by atoms with van der Waals surface area (Å²) in [6, 6.07) is 15.5. The second kappa shape index (κ2) is 6.53. The summed E-state index contributed by atoms with van der Waals surface area (Å²) in [6.07, 6.45) is 1.60. The molecule has 0 aliphatic heterocycles. The number of aryl methyl sites for hydroxylation is 1. The average molecular weight is 348 g/mol. The second-order valence-corrected chi connectivity index (χ2v) is 6.70.